The SMILES string of the molecule is O=CC[C@H](Cc1ccccc1)c1ccccc1Cl. The van der Waals surface area contributed by atoms with Gasteiger partial charge in [-0.1, -0.05) is 60.1 Å². The van der Waals surface area contributed by atoms with Crippen LogP contribution in [-0.4, -0.2) is 6.29 Å². The van der Waals surface area contributed by atoms with Gasteiger partial charge in [0.1, 0.15) is 6.29 Å². The fourth-order valence-corrected chi connectivity index (χ4v) is 2.43. The Morgan fingerprint density at radius 3 is 2.33 bits per heavy atom. The van der Waals surface area contributed by atoms with Crippen molar-refractivity contribution < 1.29 is 4.79 Å². The molecule has 0 aliphatic heterocycles. The van der Waals surface area contributed by atoms with Crippen LogP contribution in [0.5, 0.6) is 0 Å². The second kappa shape index (κ2) is 6.36. The van der Waals surface area contributed by atoms with Gasteiger partial charge in [-0.2, -0.15) is 0 Å². The normalized spacial score (nSPS) is 12.1. The summed E-state index contributed by atoms with van der Waals surface area (Å²) in [4.78, 5) is 10.8. The molecule has 0 spiro atoms. The molecular weight excluding hydrogens is 244 g/mol. The van der Waals surface area contributed by atoms with E-state index >= 15 is 0 Å². The topological polar surface area (TPSA) is 17.1 Å². The summed E-state index contributed by atoms with van der Waals surface area (Å²) < 4.78 is 0. The molecule has 0 N–H and O–H groups in total. The minimum Gasteiger partial charge on any atom is -0.303 e. The number of aldehydes is 1. The molecule has 0 saturated carbocycles. The standard InChI is InChI=1S/C16H15ClO/c17-16-9-5-4-8-15(16)14(10-11-18)12-13-6-2-1-3-7-13/h1-9,11,14H,10,12H2/t14-/m1/s1. The van der Waals surface area contributed by atoms with Crippen LogP contribution in [0.25, 0.3) is 0 Å². The second-order valence-corrected chi connectivity index (χ2v) is 4.72. The predicted octanol–water partition coefficient (Wildman–Crippen LogP) is 4.26. The number of rotatable bonds is 5. The third-order valence-electron chi connectivity index (χ3n) is 3.05. The summed E-state index contributed by atoms with van der Waals surface area (Å²) in [6.07, 6.45) is 2.30. The maximum absolute atomic E-state index is 10.8. The van der Waals surface area contributed by atoms with Crippen LogP contribution >= 0.6 is 11.6 Å². The van der Waals surface area contributed by atoms with Crippen molar-refractivity contribution in [2.45, 2.75) is 18.8 Å². The van der Waals surface area contributed by atoms with Crippen LogP contribution in [0.4, 0.5) is 0 Å². The van der Waals surface area contributed by atoms with Crippen molar-refractivity contribution in [1.82, 2.24) is 0 Å². The quantitative estimate of drug-likeness (QED) is 0.733. The highest BCUT2D eigenvalue weighted by molar-refractivity contribution is 6.31. The van der Waals surface area contributed by atoms with Crippen molar-refractivity contribution in [1.29, 1.82) is 0 Å². The highest BCUT2D eigenvalue weighted by atomic mass is 35.5. The predicted molar refractivity (Wildman–Crippen MR) is 75.0 cm³/mol. The minimum absolute atomic E-state index is 0.151. The Hall–Kier alpha value is -1.60. The molecule has 1 atom stereocenters. The molecule has 0 unspecified atom stereocenters. The average Bonchev–Trinajstić information content (AvgIpc) is 2.40. The molecule has 0 amide bonds. The smallest absolute Gasteiger partial charge is 0.120 e. The van der Waals surface area contributed by atoms with Gasteiger partial charge in [-0.25, -0.2) is 0 Å². The highest BCUT2D eigenvalue weighted by Gasteiger charge is 2.14. The second-order valence-electron chi connectivity index (χ2n) is 4.31. The maximum Gasteiger partial charge on any atom is 0.120 e. The summed E-state index contributed by atoms with van der Waals surface area (Å²) in [6.45, 7) is 0. The van der Waals surface area contributed by atoms with Gasteiger partial charge in [-0.15, -0.1) is 0 Å². The molecule has 2 rings (SSSR count). The molecule has 0 bridgehead atoms. The molecule has 2 heteroatoms. The number of carbonyl (C=O) groups excluding carboxylic acids is 1. The van der Waals surface area contributed by atoms with Crippen molar-refractivity contribution in [3.8, 4) is 0 Å². The number of carbonyl (C=O) groups is 1. The first-order chi connectivity index (χ1) is 8.81. The fourth-order valence-electron chi connectivity index (χ4n) is 2.14. The summed E-state index contributed by atoms with van der Waals surface area (Å²) in [7, 11) is 0. The van der Waals surface area contributed by atoms with E-state index in [0.717, 1.165) is 23.3 Å². The van der Waals surface area contributed by atoms with E-state index in [-0.39, 0.29) is 5.92 Å². The van der Waals surface area contributed by atoms with E-state index in [1.807, 2.05) is 42.5 Å². The Morgan fingerprint density at radius 1 is 1.00 bits per heavy atom. The summed E-state index contributed by atoms with van der Waals surface area (Å²) in [5.41, 5.74) is 2.28. The van der Waals surface area contributed by atoms with Crippen LogP contribution < -0.4 is 0 Å². The molecule has 0 radical (unpaired) electrons. The lowest BCUT2D eigenvalue weighted by Crippen LogP contribution is -2.04. The van der Waals surface area contributed by atoms with Gasteiger partial charge in [0.25, 0.3) is 0 Å². The first-order valence-electron chi connectivity index (χ1n) is 6.03. The fraction of sp³-hybridized carbons (Fsp3) is 0.188. The molecular formula is C16H15ClO. The van der Waals surface area contributed by atoms with E-state index in [4.69, 9.17) is 11.6 Å². The maximum atomic E-state index is 10.8. The van der Waals surface area contributed by atoms with Gasteiger partial charge in [0, 0.05) is 11.4 Å². The van der Waals surface area contributed by atoms with Gasteiger partial charge in [-0.3, -0.25) is 0 Å². The van der Waals surface area contributed by atoms with E-state index in [1.165, 1.54) is 5.56 Å². The third kappa shape index (κ3) is 3.21. The molecule has 0 aromatic heterocycles. The zero-order valence-electron chi connectivity index (χ0n) is 10.1. The summed E-state index contributed by atoms with van der Waals surface area (Å²) in [6, 6.07) is 17.9. The van der Waals surface area contributed by atoms with Gasteiger partial charge >= 0.3 is 0 Å². The Kier molecular flexibility index (Phi) is 4.54. The summed E-state index contributed by atoms with van der Waals surface area (Å²) in [5, 5.41) is 0.736. The van der Waals surface area contributed by atoms with Crippen LogP contribution in [0.1, 0.15) is 23.5 Å². The van der Waals surface area contributed by atoms with Crippen molar-refractivity contribution in [2.24, 2.45) is 0 Å². The molecule has 18 heavy (non-hydrogen) atoms. The number of hydrogen-bond donors (Lipinski definition) is 0. The van der Waals surface area contributed by atoms with E-state index in [1.54, 1.807) is 0 Å². The highest BCUT2D eigenvalue weighted by Crippen LogP contribution is 2.29. The molecule has 0 aliphatic carbocycles. The molecule has 0 fully saturated rings. The van der Waals surface area contributed by atoms with Gasteiger partial charge in [0.15, 0.2) is 0 Å². The molecule has 2 aromatic rings. The van der Waals surface area contributed by atoms with Crippen molar-refractivity contribution in [2.75, 3.05) is 0 Å². The zero-order valence-corrected chi connectivity index (χ0v) is 10.8. The Labute approximate surface area is 112 Å². The molecule has 92 valence electrons. The Bertz CT molecular complexity index is 508. The van der Waals surface area contributed by atoms with Gasteiger partial charge in [0.2, 0.25) is 0 Å². The molecule has 0 aliphatic rings. The summed E-state index contributed by atoms with van der Waals surface area (Å²) >= 11 is 6.21. The van der Waals surface area contributed by atoms with E-state index in [9.17, 15) is 4.79 Å². The van der Waals surface area contributed by atoms with Crippen LogP contribution in [-0.2, 0) is 11.2 Å². The first-order valence-corrected chi connectivity index (χ1v) is 6.41. The van der Waals surface area contributed by atoms with E-state index < -0.39 is 0 Å². The van der Waals surface area contributed by atoms with Crippen molar-refractivity contribution in [3.63, 3.8) is 0 Å². The Morgan fingerprint density at radius 2 is 1.67 bits per heavy atom. The van der Waals surface area contributed by atoms with Crippen LogP contribution in [0.15, 0.2) is 54.6 Å². The minimum atomic E-state index is 0.151. The lowest BCUT2D eigenvalue weighted by atomic mass is 9.90. The van der Waals surface area contributed by atoms with Crippen LogP contribution in [0.3, 0.4) is 0 Å². The first kappa shape index (κ1) is 12.8. The van der Waals surface area contributed by atoms with E-state index in [2.05, 4.69) is 12.1 Å². The largest absolute Gasteiger partial charge is 0.303 e. The van der Waals surface area contributed by atoms with Crippen molar-refractivity contribution >= 4 is 17.9 Å². The van der Waals surface area contributed by atoms with Crippen LogP contribution in [0.2, 0.25) is 5.02 Å². The number of halogens is 1. The molecule has 2 aromatic carbocycles. The van der Waals surface area contributed by atoms with Gasteiger partial charge < -0.3 is 4.79 Å². The van der Waals surface area contributed by atoms with Gasteiger partial charge in [0.05, 0.1) is 0 Å². The van der Waals surface area contributed by atoms with E-state index in [0.29, 0.717) is 6.42 Å². The zero-order chi connectivity index (χ0) is 12.8. The summed E-state index contributed by atoms with van der Waals surface area (Å²) in [5.74, 6) is 0.151. The molecule has 1 nitrogen and oxygen atoms in total. The number of hydrogen-bond acceptors (Lipinski definition) is 1. The number of benzene rings is 2. The Balaban J connectivity index is 2.24. The molecule has 0 heterocycles. The average molecular weight is 259 g/mol. The van der Waals surface area contributed by atoms with Crippen LogP contribution in [0, 0.1) is 0 Å². The van der Waals surface area contributed by atoms with Gasteiger partial charge in [-0.05, 0) is 29.5 Å². The lowest BCUT2D eigenvalue weighted by molar-refractivity contribution is -0.108. The van der Waals surface area contributed by atoms with Crippen molar-refractivity contribution in [3.05, 3.63) is 70.7 Å². The molecule has 0 saturated heterocycles. The monoisotopic (exact) mass is 258 g/mol. The third-order valence-corrected chi connectivity index (χ3v) is 3.39. The lowest BCUT2D eigenvalue weighted by Gasteiger charge is -2.16.